The van der Waals surface area contributed by atoms with Gasteiger partial charge in [-0.15, -0.1) is 36.2 Å². The molecule has 0 saturated carbocycles. The molecule has 128 valence electrons. The number of aromatic nitrogens is 1. The van der Waals surface area contributed by atoms with Crippen molar-refractivity contribution in [3.05, 3.63) is 45.4 Å². The second kappa shape index (κ2) is 9.70. The highest BCUT2D eigenvalue weighted by Gasteiger charge is 2.21. The zero-order valence-corrected chi connectivity index (χ0v) is 16.2. The van der Waals surface area contributed by atoms with E-state index >= 15 is 0 Å². The molecule has 1 aromatic heterocycles. The fourth-order valence-electron chi connectivity index (χ4n) is 2.73. The van der Waals surface area contributed by atoms with E-state index in [1.807, 2.05) is 24.3 Å². The summed E-state index contributed by atoms with van der Waals surface area (Å²) in [7, 11) is 0. The van der Waals surface area contributed by atoms with Gasteiger partial charge in [0, 0.05) is 22.5 Å². The summed E-state index contributed by atoms with van der Waals surface area (Å²) in [5, 5.41) is 8.76. The first-order valence-electron chi connectivity index (χ1n) is 7.45. The molecule has 1 aromatic carbocycles. The van der Waals surface area contributed by atoms with Crippen LogP contribution in [0.15, 0.2) is 24.3 Å². The Bertz CT molecular complexity index is 618. The summed E-state index contributed by atoms with van der Waals surface area (Å²) in [5.41, 5.74) is 2.38. The molecule has 1 aliphatic rings. The SMILES string of the molecule is CCNC1CCc2nc(NCc3ccccc3Cl)sc2C1.Cl.Cl. The van der Waals surface area contributed by atoms with Gasteiger partial charge in [0.25, 0.3) is 0 Å². The Morgan fingerprint density at radius 3 is 2.83 bits per heavy atom. The number of halogens is 3. The van der Waals surface area contributed by atoms with E-state index < -0.39 is 0 Å². The van der Waals surface area contributed by atoms with Crippen LogP contribution >= 0.6 is 47.8 Å². The van der Waals surface area contributed by atoms with Crippen molar-refractivity contribution >= 4 is 52.9 Å². The predicted octanol–water partition coefficient (Wildman–Crippen LogP) is 4.72. The van der Waals surface area contributed by atoms with Crippen LogP contribution in [0.25, 0.3) is 0 Å². The molecule has 0 aliphatic heterocycles. The van der Waals surface area contributed by atoms with Gasteiger partial charge in [0.2, 0.25) is 0 Å². The summed E-state index contributed by atoms with van der Waals surface area (Å²) >= 11 is 7.96. The molecule has 1 unspecified atom stereocenters. The van der Waals surface area contributed by atoms with Gasteiger partial charge in [0.05, 0.1) is 5.69 Å². The summed E-state index contributed by atoms with van der Waals surface area (Å²) in [6.45, 7) is 3.93. The minimum Gasteiger partial charge on any atom is -0.357 e. The Hall–Kier alpha value is -0.520. The third-order valence-corrected chi connectivity index (χ3v) is 5.27. The van der Waals surface area contributed by atoms with Crippen molar-refractivity contribution in [1.82, 2.24) is 10.3 Å². The van der Waals surface area contributed by atoms with E-state index in [4.69, 9.17) is 16.6 Å². The first-order chi connectivity index (χ1) is 10.3. The fraction of sp³-hybridized carbons (Fsp3) is 0.438. The van der Waals surface area contributed by atoms with Crippen molar-refractivity contribution in [2.75, 3.05) is 11.9 Å². The van der Waals surface area contributed by atoms with Crippen LogP contribution in [0.5, 0.6) is 0 Å². The number of nitrogens with one attached hydrogen (secondary N) is 2. The molecule has 0 saturated heterocycles. The van der Waals surface area contributed by atoms with E-state index in [-0.39, 0.29) is 24.8 Å². The van der Waals surface area contributed by atoms with Crippen LogP contribution in [0.1, 0.15) is 29.5 Å². The van der Waals surface area contributed by atoms with Crippen molar-refractivity contribution in [3.63, 3.8) is 0 Å². The Kier molecular flexibility index (Phi) is 8.65. The van der Waals surface area contributed by atoms with E-state index in [0.717, 1.165) is 41.6 Å². The monoisotopic (exact) mass is 393 g/mol. The van der Waals surface area contributed by atoms with Crippen LogP contribution in [0.2, 0.25) is 5.02 Å². The van der Waals surface area contributed by atoms with Gasteiger partial charge in [0.1, 0.15) is 0 Å². The summed E-state index contributed by atoms with van der Waals surface area (Å²) in [4.78, 5) is 6.15. The molecule has 0 radical (unpaired) electrons. The maximum atomic E-state index is 6.18. The third-order valence-electron chi connectivity index (χ3n) is 3.82. The number of rotatable bonds is 5. The number of benzene rings is 1. The number of hydrogen-bond acceptors (Lipinski definition) is 4. The van der Waals surface area contributed by atoms with Crippen molar-refractivity contribution < 1.29 is 0 Å². The fourth-order valence-corrected chi connectivity index (χ4v) is 4.01. The van der Waals surface area contributed by atoms with Crippen LogP contribution < -0.4 is 10.6 Å². The highest BCUT2D eigenvalue weighted by Crippen LogP contribution is 2.30. The van der Waals surface area contributed by atoms with E-state index in [1.54, 1.807) is 11.3 Å². The molecular formula is C16H22Cl3N3S. The van der Waals surface area contributed by atoms with Gasteiger partial charge in [-0.1, -0.05) is 36.7 Å². The summed E-state index contributed by atoms with van der Waals surface area (Å²) in [6.07, 6.45) is 3.38. The second-order valence-electron chi connectivity index (χ2n) is 5.33. The summed E-state index contributed by atoms with van der Waals surface area (Å²) in [5.74, 6) is 0. The molecule has 3 rings (SSSR count). The molecule has 3 nitrogen and oxygen atoms in total. The van der Waals surface area contributed by atoms with E-state index in [0.29, 0.717) is 6.04 Å². The Labute approximate surface area is 159 Å². The Balaban J connectivity index is 0.00000132. The first kappa shape index (κ1) is 20.5. The van der Waals surface area contributed by atoms with Crippen LogP contribution in [0, 0.1) is 0 Å². The van der Waals surface area contributed by atoms with Gasteiger partial charge in [0.15, 0.2) is 5.13 Å². The van der Waals surface area contributed by atoms with Crippen molar-refractivity contribution in [3.8, 4) is 0 Å². The van der Waals surface area contributed by atoms with Gasteiger partial charge in [-0.2, -0.15) is 0 Å². The van der Waals surface area contributed by atoms with E-state index in [2.05, 4.69) is 17.6 Å². The lowest BCUT2D eigenvalue weighted by Gasteiger charge is -2.21. The number of fused-ring (bicyclic) bond motifs is 1. The lowest BCUT2D eigenvalue weighted by atomic mass is 9.98. The Morgan fingerprint density at radius 2 is 2.09 bits per heavy atom. The normalized spacial score (nSPS) is 16.0. The Morgan fingerprint density at radius 1 is 1.30 bits per heavy atom. The van der Waals surface area contributed by atoms with Gasteiger partial charge in [-0.05, 0) is 37.4 Å². The lowest BCUT2D eigenvalue weighted by Crippen LogP contribution is -2.33. The highest BCUT2D eigenvalue weighted by molar-refractivity contribution is 7.15. The minimum atomic E-state index is 0. The number of likely N-dealkylation sites (N-methyl/N-ethyl adjacent to an activating group) is 1. The topological polar surface area (TPSA) is 37.0 Å². The maximum Gasteiger partial charge on any atom is 0.183 e. The van der Waals surface area contributed by atoms with E-state index in [9.17, 15) is 0 Å². The molecule has 1 aliphatic carbocycles. The van der Waals surface area contributed by atoms with Gasteiger partial charge >= 0.3 is 0 Å². The molecule has 1 atom stereocenters. The summed E-state index contributed by atoms with van der Waals surface area (Å²) in [6, 6.07) is 8.54. The molecular weight excluding hydrogens is 373 g/mol. The first-order valence-corrected chi connectivity index (χ1v) is 8.65. The van der Waals surface area contributed by atoms with Crippen LogP contribution in [-0.4, -0.2) is 17.6 Å². The molecule has 2 aromatic rings. The van der Waals surface area contributed by atoms with Gasteiger partial charge in [-0.3, -0.25) is 0 Å². The quantitative estimate of drug-likeness (QED) is 0.770. The molecule has 0 fully saturated rings. The largest absolute Gasteiger partial charge is 0.357 e. The van der Waals surface area contributed by atoms with Crippen molar-refractivity contribution in [1.29, 1.82) is 0 Å². The molecule has 1 heterocycles. The van der Waals surface area contributed by atoms with Gasteiger partial charge in [-0.25, -0.2) is 4.98 Å². The number of nitrogens with zero attached hydrogens (tertiary/aromatic N) is 1. The number of hydrogen-bond donors (Lipinski definition) is 2. The van der Waals surface area contributed by atoms with Crippen LogP contribution in [0.4, 0.5) is 5.13 Å². The molecule has 23 heavy (non-hydrogen) atoms. The smallest absolute Gasteiger partial charge is 0.183 e. The number of anilines is 1. The van der Waals surface area contributed by atoms with E-state index in [1.165, 1.54) is 17.0 Å². The molecule has 7 heteroatoms. The molecule has 0 bridgehead atoms. The molecule has 0 spiro atoms. The number of aryl methyl sites for hydroxylation is 1. The van der Waals surface area contributed by atoms with Crippen molar-refractivity contribution in [2.45, 2.75) is 38.8 Å². The van der Waals surface area contributed by atoms with Gasteiger partial charge < -0.3 is 10.6 Å². The predicted molar refractivity (Wildman–Crippen MR) is 105 cm³/mol. The molecule has 0 amide bonds. The second-order valence-corrected chi connectivity index (χ2v) is 6.82. The summed E-state index contributed by atoms with van der Waals surface area (Å²) < 4.78 is 0. The van der Waals surface area contributed by atoms with Crippen LogP contribution in [-0.2, 0) is 19.4 Å². The number of thiazole rings is 1. The maximum absolute atomic E-state index is 6.18. The van der Waals surface area contributed by atoms with Crippen molar-refractivity contribution in [2.24, 2.45) is 0 Å². The molecule has 2 N–H and O–H groups in total. The average molecular weight is 395 g/mol. The van der Waals surface area contributed by atoms with Crippen LogP contribution in [0.3, 0.4) is 0 Å². The highest BCUT2D eigenvalue weighted by atomic mass is 35.5. The lowest BCUT2D eigenvalue weighted by molar-refractivity contribution is 0.471. The average Bonchev–Trinajstić information content (AvgIpc) is 2.89. The zero-order chi connectivity index (χ0) is 14.7. The zero-order valence-electron chi connectivity index (χ0n) is 13.0. The third kappa shape index (κ3) is 5.23. The standard InChI is InChI=1S/C16H20ClN3S.2ClH/c1-2-18-12-7-8-14-15(9-12)21-16(20-14)19-10-11-5-3-4-6-13(11)17;;/h3-6,12,18H,2,7-10H2,1H3,(H,19,20);2*1H. The minimum absolute atomic E-state index is 0.